The molecule has 2 fully saturated rings. The van der Waals surface area contributed by atoms with Crippen molar-refractivity contribution in [3.8, 4) is 0 Å². The molecule has 2 unspecified atom stereocenters. The summed E-state index contributed by atoms with van der Waals surface area (Å²) in [7, 11) is 0. The van der Waals surface area contributed by atoms with Crippen molar-refractivity contribution in [3.05, 3.63) is 0 Å². The standard InChI is InChI=1S/C15H29NO/c1-12-5-8-15(17,9-6-12)14(11-16)7-3-4-13(2)10-14/h12-13,17H,3-11,16H2,1-2H3. The Morgan fingerprint density at radius 1 is 1.06 bits per heavy atom. The van der Waals surface area contributed by atoms with Crippen molar-refractivity contribution in [1.82, 2.24) is 0 Å². The maximum atomic E-state index is 11.1. The van der Waals surface area contributed by atoms with Crippen molar-refractivity contribution in [2.45, 2.75) is 70.8 Å². The fourth-order valence-electron chi connectivity index (χ4n) is 4.23. The highest BCUT2D eigenvalue weighted by atomic mass is 16.3. The van der Waals surface area contributed by atoms with Gasteiger partial charge in [-0.2, -0.15) is 0 Å². The van der Waals surface area contributed by atoms with E-state index in [0.717, 1.165) is 37.5 Å². The average molecular weight is 239 g/mol. The fourth-order valence-corrected chi connectivity index (χ4v) is 4.23. The van der Waals surface area contributed by atoms with E-state index in [-0.39, 0.29) is 5.41 Å². The summed E-state index contributed by atoms with van der Waals surface area (Å²) in [6.07, 6.45) is 9.12. The summed E-state index contributed by atoms with van der Waals surface area (Å²) in [6, 6.07) is 0. The van der Waals surface area contributed by atoms with Crippen molar-refractivity contribution in [3.63, 3.8) is 0 Å². The number of nitrogens with two attached hydrogens (primary N) is 1. The molecule has 0 amide bonds. The van der Waals surface area contributed by atoms with E-state index >= 15 is 0 Å². The monoisotopic (exact) mass is 239 g/mol. The van der Waals surface area contributed by atoms with Gasteiger partial charge in [0, 0.05) is 12.0 Å². The molecule has 0 radical (unpaired) electrons. The lowest BCUT2D eigenvalue weighted by molar-refractivity contribution is -0.134. The molecule has 0 aliphatic heterocycles. The van der Waals surface area contributed by atoms with Crippen molar-refractivity contribution in [1.29, 1.82) is 0 Å². The van der Waals surface area contributed by atoms with Gasteiger partial charge in [-0.25, -0.2) is 0 Å². The van der Waals surface area contributed by atoms with E-state index in [1.165, 1.54) is 25.7 Å². The third-order valence-corrected chi connectivity index (χ3v) is 5.57. The topological polar surface area (TPSA) is 46.2 Å². The van der Waals surface area contributed by atoms with Gasteiger partial charge < -0.3 is 10.8 Å². The molecule has 2 heteroatoms. The van der Waals surface area contributed by atoms with Crippen LogP contribution in [0.4, 0.5) is 0 Å². The van der Waals surface area contributed by atoms with E-state index in [9.17, 15) is 5.11 Å². The Morgan fingerprint density at radius 2 is 1.71 bits per heavy atom. The molecule has 0 spiro atoms. The Balaban J connectivity index is 2.15. The smallest absolute Gasteiger partial charge is 0.0716 e. The van der Waals surface area contributed by atoms with E-state index in [2.05, 4.69) is 13.8 Å². The van der Waals surface area contributed by atoms with E-state index in [4.69, 9.17) is 5.73 Å². The third-order valence-electron chi connectivity index (χ3n) is 5.57. The SMILES string of the molecule is CC1CCC(O)(C2(CN)CCCC(C)C2)CC1. The van der Waals surface area contributed by atoms with Crippen LogP contribution in [0.1, 0.15) is 65.2 Å². The first kappa shape index (κ1) is 13.4. The minimum atomic E-state index is -0.469. The molecule has 0 aromatic heterocycles. The molecule has 17 heavy (non-hydrogen) atoms. The molecule has 3 N–H and O–H groups in total. The van der Waals surface area contributed by atoms with Crippen molar-refractivity contribution in [2.75, 3.05) is 6.54 Å². The maximum absolute atomic E-state index is 11.1. The summed E-state index contributed by atoms with van der Waals surface area (Å²) >= 11 is 0. The Bertz CT molecular complexity index is 258. The number of hydrogen-bond donors (Lipinski definition) is 2. The Kier molecular flexibility index (Phi) is 3.84. The molecule has 0 saturated heterocycles. The largest absolute Gasteiger partial charge is 0.389 e. The Morgan fingerprint density at radius 3 is 2.24 bits per heavy atom. The molecule has 100 valence electrons. The van der Waals surface area contributed by atoms with Crippen molar-refractivity contribution in [2.24, 2.45) is 23.0 Å². The second-order valence-corrected chi connectivity index (χ2v) is 6.90. The zero-order valence-corrected chi connectivity index (χ0v) is 11.5. The highest BCUT2D eigenvalue weighted by Crippen LogP contribution is 2.52. The second-order valence-electron chi connectivity index (χ2n) is 6.90. The first-order chi connectivity index (χ1) is 8.01. The van der Waals surface area contributed by atoms with Crippen LogP contribution >= 0.6 is 0 Å². The predicted octanol–water partition coefficient (Wildman–Crippen LogP) is 3.08. The summed E-state index contributed by atoms with van der Waals surface area (Å²) in [6.45, 7) is 5.29. The van der Waals surface area contributed by atoms with E-state index in [1.807, 2.05) is 0 Å². The summed E-state index contributed by atoms with van der Waals surface area (Å²) in [4.78, 5) is 0. The fraction of sp³-hybridized carbons (Fsp3) is 1.00. The lowest BCUT2D eigenvalue weighted by Gasteiger charge is -2.53. The third kappa shape index (κ3) is 2.39. The van der Waals surface area contributed by atoms with Crippen molar-refractivity contribution < 1.29 is 5.11 Å². The highest BCUT2D eigenvalue weighted by molar-refractivity contribution is 5.03. The maximum Gasteiger partial charge on any atom is 0.0716 e. The van der Waals surface area contributed by atoms with E-state index < -0.39 is 5.60 Å². The van der Waals surface area contributed by atoms with Crippen LogP contribution < -0.4 is 5.73 Å². The molecule has 2 aliphatic carbocycles. The van der Waals surface area contributed by atoms with Gasteiger partial charge in [0.15, 0.2) is 0 Å². The summed E-state index contributed by atoms with van der Waals surface area (Å²) < 4.78 is 0. The minimum absolute atomic E-state index is 0.0187. The van der Waals surface area contributed by atoms with Crippen LogP contribution in [-0.4, -0.2) is 17.3 Å². The zero-order chi connectivity index (χ0) is 12.5. The summed E-state index contributed by atoms with van der Waals surface area (Å²) in [5.41, 5.74) is 5.64. The first-order valence-electron chi connectivity index (χ1n) is 7.44. The van der Waals surface area contributed by atoms with Gasteiger partial charge in [0.05, 0.1) is 5.60 Å². The van der Waals surface area contributed by atoms with Crippen LogP contribution in [0, 0.1) is 17.3 Å². The first-order valence-corrected chi connectivity index (χ1v) is 7.44. The highest BCUT2D eigenvalue weighted by Gasteiger charge is 2.51. The predicted molar refractivity (Wildman–Crippen MR) is 71.7 cm³/mol. The molecule has 2 nitrogen and oxygen atoms in total. The molecule has 2 rings (SSSR count). The van der Waals surface area contributed by atoms with E-state index in [0.29, 0.717) is 6.54 Å². The van der Waals surface area contributed by atoms with Gasteiger partial charge in [0.2, 0.25) is 0 Å². The lowest BCUT2D eigenvalue weighted by Crippen LogP contribution is -2.56. The summed E-state index contributed by atoms with van der Waals surface area (Å²) in [5, 5.41) is 11.1. The molecular weight excluding hydrogens is 210 g/mol. The molecule has 0 bridgehead atoms. The molecule has 2 atom stereocenters. The van der Waals surface area contributed by atoms with Gasteiger partial charge in [-0.05, 0) is 50.4 Å². The van der Waals surface area contributed by atoms with E-state index in [1.54, 1.807) is 0 Å². The van der Waals surface area contributed by atoms with Crippen LogP contribution in [0.15, 0.2) is 0 Å². The van der Waals surface area contributed by atoms with Gasteiger partial charge in [0.1, 0.15) is 0 Å². The van der Waals surface area contributed by atoms with Crippen molar-refractivity contribution >= 4 is 0 Å². The van der Waals surface area contributed by atoms with Crippen LogP contribution in [0.5, 0.6) is 0 Å². The van der Waals surface area contributed by atoms with Crippen LogP contribution in [0.3, 0.4) is 0 Å². The zero-order valence-electron chi connectivity index (χ0n) is 11.5. The normalized spacial score (nSPS) is 48.0. The molecular formula is C15H29NO. The van der Waals surface area contributed by atoms with Gasteiger partial charge in [0.25, 0.3) is 0 Å². The molecule has 2 saturated carbocycles. The lowest BCUT2D eigenvalue weighted by atomic mass is 9.56. The van der Waals surface area contributed by atoms with Crippen LogP contribution in [-0.2, 0) is 0 Å². The molecule has 2 aliphatic rings. The number of rotatable bonds is 2. The van der Waals surface area contributed by atoms with Crippen LogP contribution in [0.2, 0.25) is 0 Å². The second kappa shape index (κ2) is 4.89. The average Bonchev–Trinajstić information content (AvgIpc) is 2.33. The van der Waals surface area contributed by atoms with Gasteiger partial charge in [-0.15, -0.1) is 0 Å². The Hall–Kier alpha value is -0.0800. The number of aliphatic hydroxyl groups is 1. The molecule has 0 aromatic rings. The Labute approximate surface area is 106 Å². The van der Waals surface area contributed by atoms with Gasteiger partial charge in [-0.1, -0.05) is 26.7 Å². The summed E-state index contributed by atoms with van der Waals surface area (Å²) in [5.74, 6) is 1.52. The quantitative estimate of drug-likeness (QED) is 0.778. The molecule has 0 aromatic carbocycles. The van der Waals surface area contributed by atoms with Gasteiger partial charge in [-0.3, -0.25) is 0 Å². The molecule has 0 heterocycles. The number of hydrogen-bond acceptors (Lipinski definition) is 2. The van der Waals surface area contributed by atoms with Crippen LogP contribution in [0.25, 0.3) is 0 Å². The van der Waals surface area contributed by atoms with Gasteiger partial charge >= 0.3 is 0 Å². The minimum Gasteiger partial charge on any atom is -0.389 e.